The molecule has 1 aromatic heterocycles. The van der Waals surface area contributed by atoms with Gasteiger partial charge in [-0.3, -0.25) is 0 Å². The van der Waals surface area contributed by atoms with Crippen molar-refractivity contribution in [3.8, 4) is 17.4 Å². The largest absolute Gasteiger partial charge is 0.497 e. The molecule has 6 nitrogen and oxygen atoms in total. The number of methoxy groups -OCH3 is 1. The van der Waals surface area contributed by atoms with Crippen molar-refractivity contribution in [3.63, 3.8) is 0 Å². The molecule has 1 heterocycles. The van der Waals surface area contributed by atoms with Crippen molar-refractivity contribution in [2.75, 3.05) is 12.4 Å². The lowest BCUT2D eigenvalue weighted by Crippen LogP contribution is -2.22. The molecule has 0 aliphatic heterocycles. The standard InChI is InChI=1S/C22H24N4O2.HI/c1-15-7-8-20(11-16(15)2)28-21-12-17(9-10-24-21)14-25-22(23)26-18-5-4-6-19(13-18)27-3;/h4-13H,14H2,1-3H3,(H3,23,25,26);1H. The number of aliphatic imine (C=N–C) groups is 1. The third kappa shape index (κ3) is 6.63. The van der Waals surface area contributed by atoms with Gasteiger partial charge in [0.15, 0.2) is 5.96 Å². The molecule has 7 heteroatoms. The number of guanidine groups is 1. The fourth-order valence-corrected chi connectivity index (χ4v) is 2.57. The molecule has 0 radical (unpaired) electrons. The van der Waals surface area contributed by atoms with Crippen molar-refractivity contribution in [3.05, 3.63) is 77.5 Å². The number of nitrogens with one attached hydrogen (secondary N) is 1. The third-order valence-electron chi connectivity index (χ3n) is 4.27. The third-order valence-corrected chi connectivity index (χ3v) is 4.27. The van der Waals surface area contributed by atoms with Crippen molar-refractivity contribution in [2.24, 2.45) is 10.7 Å². The quantitative estimate of drug-likeness (QED) is 0.279. The van der Waals surface area contributed by atoms with Crippen molar-refractivity contribution in [2.45, 2.75) is 20.4 Å². The summed E-state index contributed by atoms with van der Waals surface area (Å²) in [4.78, 5) is 8.65. The Kier molecular flexibility index (Phi) is 8.26. The average Bonchev–Trinajstić information content (AvgIpc) is 2.70. The van der Waals surface area contributed by atoms with Crippen molar-refractivity contribution >= 4 is 35.6 Å². The van der Waals surface area contributed by atoms with Crippen LogP contribution in [0.25, 0.3) is 0 Å². The number of aromatic nitrogens is 1. The summed E-state index contributed by atoms with van der Waals surface area (Å²) in [5.41, 5.74) is 10.2. The molecular weight excluding hydrogens is 479 g/mol. The van der Waals surface area contributed by atoms with Crippen molar-refractivity contribution in [1.29, 1.82) is 0 Å². The van der Waals surface area contributed by atoms with E-state index >= 15 is 0 Å². The average molecular weight is 504 g/mol. The van der Waals surface area contributed by atoms with Crippen LogP contribution in [0.2, 0.25) is 0 Å². The summed E-state index contributed by atoms with van der Waals surface area (Å²) < 4.78 is 11.1. The van der Waals surface area contributed by atoms with E-state index in [0.717, 1.165) is 22.7 Å². The minimum atomic E-state index is 0. The highest BCUT2D eigenvalue weighted by molar-refractivity contribution is 14.0. The zero-order chi connectivity index (χ0) is 19.9. The molecule has 0 fully saturated rings. The molecule has 0 aliphatic rings. The molecule has 0 saturated carbocycles. The zero-order valence-corrected chi connectivity index (χ0v) is 19.0. The highest BCUT2D eigenvalue weighted by Gasteiger charge is 2.03. The van der Waals surface area contributed by atoms with Gasteiger partial charge in [0.05, 0.1) is 13.7 Å². The minimum absolute atomic E-state index is 0. The summed E-state index contributed by atoms with van der Waals surface area (Å²) in [5.74, 6) is 2.35. The molecule has 3 aromatic rings. The maximum Gasteiger partial charge on any atom is 0.219 e. The fourth-order valence-electron chi connectivity index (χ4n) is 2.57. The number of ether oxygens (including phenoxy) is 2. The minimum Gasteiger partial charge on any atom is -0.497 e. The van der Waals surface area contributed by atoms with E-state index in [-0.39, 0.29) is 24.0 Å². The lowest BCUT2D eigenvalue weighted by atomic mass is 10.1. The second kappa shape index (κ2) is 10.7. The van der Waals surface area contributed by atoms with Gasteiger partial charge in [0, 0.05) is 24.0 Å². The lowest BCUT2D eigenvalue weighted by molar-refractivity contribution is 0.415. The summed E-state index contributed by atoms with van der Waals surface area (Å²) in [7, 11) is 1.62. The first-order valence-corrected chi connectivity index (χ1v) is 8.94. The van der Waals surface area contributed by atoms with E-state index in [2.05, 4.69) is 29.1 Å². The van der Waals surface area contributed by atoms with E-state index in [4.69, 9.17) is 15.2 Å². The van der Waals surface area contributed by atoms with E-state index in [1.54, 1.807) is 13.3 Å². The van der Waals surface area contributed by atoms with Crippen LogP contribution in [0.3, 0.4) is 0 Å². The number of nitrogens with zero attached hydrogens (tertiary/aromatic N) is 2. The van der Waals surface area contributed by atoms with Gasteiger partial charge in [0.2, 0.25) is 5.88 Å². The van der Waals surface area contributed by atoms with Gasteiger partial charge in [0.1, 0.15) is 11.5 Å². The Hall–Kier alpha value is -2.81. The Morgan fingerprint density at radius 3 is 2.62 bits per heavy atom. The Morgan fingerprint density at radius 1 is 1.03 bits per heavy atom. The highest BCUT2D eigenvalue weighted by atomic mass is 127. The van der Waals surface area contributed by atoms with Crippen LogP contribution in [-0.2, 0) is 6.54 Å². The van der Waals surface area contributed by atoms with Crippen molar-refractivity contribution < 1.29 is 9.47 Å². The van der Waals surface area contributed by atoms with Crippen LogP contribution >= 0.6 is 24.0 Å². The van der Waals surface area contributed by atoms with Gasteiger partial charge in [0.25, 0.3) is 0 Å². The summed E-state index contributed by atoms with van der Waals surface area (Å²) in [6.45, 7) is 4.54. The van der Waals surface area contributed by atoms with Crippen LogP contribution in [0, 0.1) is 13.8 Å². The van der Waals surface area contributed by atoms with Gasteiger partial charge in [-0.05, 0) is 60.9 Å². The molecule has 29 heavy (non-hydrogen) atoms. The highest BCUT2D eigenvalue weighted by Crippen LogP contribution is 2.23. The van der Waals surface area contributed by atoms with E-state index in [1.165, 1.54) is 11.1 Å². The molecule has 3 N–H and O–H groups in total. The first kappa shape index (κ1) is 22.5. The van der Waals surface area contributed by atoms with Gasteiger partial charge in [-0.15, -0.1) is 24.0 Å². The smallest absolute Gasteiger partial charge is 0.219 e. The first-order chi connectivity index (χ1) is 13.5. The number of rotatable bonds is 6. The van der Waals surface area contributed by atoms with Crippen molar-refractivity contribution in [1.82, 2.24) is 4.98 Å². The van der Waals surface area contributed by atoms with Gasteiger partial charge >= 0.3 is 0 Å². The number of hydrogen-bond donors (Lipinski definition) is 2. The molecule has 152 valence electrons. The summed E-state index contributed by atoms with van der Waals surface area (Å²) in [5, 5.41) is 3.05. The maximum atomic E-state index is 5.99. The van der Waals surface area contributed by atoms with Crippen LogP contribution < -0.4 is 20.5 Å². The van der Waals surface area contributed by atoms with Gasteiger partial charge in [-0.2, -0.15) is 0 Å². The monoisotopic (exact) mass is 504 g/mol. The number of halogens is 1. The molecule has 0 atom stereocenters. The Morgan fingerprint density at radius 2 is 1.86 bits per heavy atom. The van der Waals surface area contributed by atoms with Crippen LogP contribution in [-0.4, -0.2) is 18.1 Å². The molecule has 0 amide bonds. The number of anilines is 1. The molecule has 2 aromatic carbocycles. The molecule has 0 unspecified atom stereocenters. The SMILES string of the molecule is COc1cccc(NC(N)=NCc2ccnc(Oc3ccc(C)c(C)c3)c2)c1.I. The van der Waals surface area contributed by atoms with E-state index in [9.17, 15) is 0 Å². The van der Waals surface area contributed by atoms with E-state index < -0.39 is 0 Å². The normalized spacial score (nSPS) is 10.8. The molecule has 3 rings (SSSR count). The molecule has 0 spiro atoms. The topological polar surface area (TPSA) is 81.8 Å². The zero-order valence-electron chi connectivity index (χ0n) is 16.7. The van der Waals surface area contributed by atoms with Gasteiger partial charge in [-0.25, -0.2) is 9.98 Å². The van der Waals surface area contributed by atoms with E-state index in [0.29, 0.717) is 18.4 Å². The van der Waals surface area contributed by atoms with E-state index in [1.807, 2.05) is 54.6 Å². The number of aryl methyl sites for hydroxylation is 2. The molecule has 0 saturated heterocycles. The predicted octanol–water partition coefficient (Wildman–Crippen LogP) is 5.04. The maximum absolute atomic E-state index is 5.99. The Balaban J connectivity index is 0.00000300. The molecular formula is C22H25IN4O2. The van der Waals surface area contributed by atoms with Crippen LogP contribution in [0.4, 0.5) is 5.69 Å². The summed E-state index contributed by atoms with van der Waals surface area (Å²) >= 11 is 0. The number of hydrogen-bond acceptors (Lipinski definition) is 4. The van der Waals surface area contributed by atoms with Crippen LogP contribution in [0.5, 0.6) is 17.4 Å². The number of pyridine rings is 1. The van der Waals surface area contributed by atoms with Crippen LogP contribution in [0.15, 0.2) is 65.8 Å². The second-order valence-corrected chi connectivity index (χ2v) is 6.41. The second-order valence-electron chi connectivity index (χ2n) is 6.41. The number of benzene rings is 2. The van der Waals surface area contributed by atoms with Gasteiger partial charge < -0.3 is 20.5 Å². The predicted molar refractivity (Wildman–Crippen MR) is 128 cm³/mol. The molecule has 0 aliphatic carbocycles. The fraction of sp³-hybridized carbons (Fsp3) is 0.182. The van der Waals surface area contributed by atoms with Crippen LogP contribution in [0.1, 0.15) is 16.7 Å². The Labute approximate surface area is 188 Å². The number of nitrogens with two attached hydrogens (primary N) is 1. The summed E-state index contributed by atoms with van der Waals surface area (Å²) in [6.07, 6.45) is 1.70. The molecule has 0 bridgehead atoms. The summed E-state index contributed by atoms with van der Waals surface area (Å²) in [6, 6.07) is 17.2. The van der Waals surface area contributed by atoms with Gasteiger partial charge in [-0.1, -0.05) is 12.1 Å². The first-order valence-electron chi connectivity index (χ1n) is 8.94. The Bertz CT molecular complexity index is 992. The lowest BCUT2D eigenvalue weighted by Gasteiger charge is -2.09.